The highest BCUT2D eigenvalue weighted by atomic mass is 16.6. The van der Waals surface area contributed by atoms with Crippen molar-refractivity contribution in [2.45, 2.75) is 51.4 Å². The van der Waals surface area contributed by atoms with Crippen molar-refractivity contribution in [2.24, 2.45) is 23.7 Å². The second-order valence-corrected chi connectivity index (χ2v) is 6.72. The van der Waals surface area contributed by atoms with E-state index in [0.717, 1.165) is 51.4 Å². The zero-order chi connectivity index (χ0) is 15.9. The smallest absolute Gasteiger partial charge is 0.309 e. The minimum Gasteiger partial charge on any atom is -0.481 e. The van der Waals surface area contributed by atoms with Crippen LogP contribution in [0.25, 0.3) is 0 Å². The molecule has 0 bridgehead atoms. The molecule has 0 aromatic heterocycles. The number of esters is 1. The van der Waals surface area contributed by atoms with Gasteiger partial charge in [-0.05, 0) is 63.2 Å². The molecule has 0 amide bonds. The van der Waals surface area contributed by atoms with Gasteiger partial charge in [0.15, 0.2) is 0 Å². The Labute approximate surface area is 132 Å². The Morgan fingerprint density at radius 3 is 1.82 bits per heavy atom. The minimum atomic E-state index is -0.638. The van der Waals surface area contributed by atoms with Crippen LogP contribution in [0.15, 0.2) is 0 Å². The number of rotatable bonds is 6. The molecule has 0 aliphatic heterocycles. The molecular formula is C17H28O5. The fourth-order valence-corrected chi connectivity index (χ4v) is 4.01. The zero-order valence-corrected chi connectivity index (χ0v) is 13.5. The third-order valence-electron chi connectivity index (χ3n) is 5.42. The molecule has 1 N–H and O–H groups in total. The van der Waals surface area contributed by atoms with Gasteiger partial charge in [-0.1, -0.05) is 0 Å². The van der Waals surface area contributed by atoms with Gasteiger partial charge in [0.25, 0.3) is 0 Å². The van der Waals surface area contributed by atoms with Crippen LogP contribution in [-0.2, 0) is 19.1 Å². The quantitative estimate of drug-likeness (QED) is 0.603. The van der Waals surface area contributed by atoms with Crippen molar-refractivity contribution in [3.8, 4) is 0 Å². The van der Waals surface area contributed by atoms with Crippen molar-refractivity contribution >= 4 is 11.9 Å². The first-order valence-corrected chi connectivity index (χ1v) is 8.50. The standard InChI is InChI=1S/C17H28O5/c1-21-10-11-22-17(20)15-8-4-13(5-9-15)12-2-6-14(7-3-12)16(18)19/h12-15H,2-11H2,1H3,(H,18,19). The maximum Gasteiger partial charge on any atom is 0.309 e. The number of methoxy groups -OCH3 is 1. The normalized spacial score (nSPS) is 32.4. The Kier molecular flexibility index (Phi) is 6.68. The van der Waals surface area contributed by atoms with E-state index in [4.69, 9.17) is 14.6 Å². The Morgan fingerprint density at radius 1 is 0.864 bits per heavy atom. The monoisotopic (exact) mass is 312 g/mol. The third kappa shape index (κ3) is 4.70. The highest BCUT2D eigenvalue weighted by Crippen LogP contribution is 2.41. The summed E-state index contributed by atoms with van der Waals surface area (Å²) in [6, 6.07) is 0. The van der Waals surface area contributed by atoms with Gasteiger partial charge in [-0.25, -0.2) is 0 Å². The molecule has 0 unspecified atom stereocenters. The molecule has 2 aliphatic carbocycles. The molecule has 0 aromatic rings. The zero-order valence-electron chi connectivity index (χ0n) is 13.5. The summed E-state index contributed by atoms with van der Waals surface area (Å²) in [6.45, 7) is 0.794. The lowest BCUT2D eigenvalue weighted by Crippen LogP contribution is -2.30. The summed E-state index contributed by atoms with van der Waals surface area (Å²) in [5.41, 5.74) is 0. The molecule has 5 nitrogen and oxygen atoms in total. The number of hydrogen-bond donors (Lipinski definition) is 1. The fourth-order valence-electron chi connectivity index (χ4n) is 4.01. The van der Waals surface area contributed by atoms with E-state index in [-0.39, 0.29) is 17.8 Å². The summed E-state index contributed by atoms with van der Waals surface area (Å²) in [6.07, 6.45) is 7.68. The van der Waals surface area contributed by atoms with Gasteiger partial charge in [0.2, 0.25) is 0 Å². The van der Waals surface area contributed by atoms with E-state index in [1.54, 1.807) is 7.11 Å². The first-order chi connectivity index (χ1) is 10.6. The molecule has 2 rings (SSSR count). The third-order valence-corrected chi connectivity index (χ3v) is 5.42. The first-order valence-electron chi connectivity index (χ1n) is 8.50. The summed E-state index contributed by atoms with van der Waals surface area (Å²) in [5.74, 6) is 0.511. The average Bonchev–Trinajstić information content (AvgIpc) is 2.55. The molecule has 2 fully saturated rings. The van der Waals surface area contributed by atoms with Crippen LogP contribution in [0.2, 0.25) is 0 Å². The van der Waals surface area contributed by atoms with Crippen molar-refractivity contribution in [2.75, 3.05) is 20.3 Å². The maximum atomic E-state index is 11.9. The molecule has 0 heterocycles. The average molecular weight is 312 g/mol. The predicted octanol–water partition coefficient (Wildman–Crippen LogP) is 2.87. The number of hydrogen-bond acceptors (Lipinski definition) is 4. The number of aliphatic carboxylic acids is 1. The molecule has 2 aliphatic rings. The van der Waals surface area contributed by atoms with E-state index < -0.39 is 5.97 Å². The lowest BCUT2D eigenvalue weighted by atomic mass is 9.69. The molecule has 0 spiro atoms. The topological polar surface area (TPSA) is 72.8 Å². The molecule has 0 aromatic carbocycles. The summed E-state index contributed by atoms with van der Waals surface area (Å²) >= 11 is 0. The first kappa shape index (κ1) is 17.3. The summed E-state index contributed by atoms with van der Waals surface area (Å²) < 4.78 is 10.1. The number of carbonyl (C=O) groups excluding carboxylic acids is 1. The highest BCUT2D eigenvalue weighted by Gasteiger charge is 2.34. The molecule has 0 saturated heterocycles. The Hall–Kier alpha value is -1.10. The number of carbonyl (C=O) groups is 2. The lowest BCUT2D eigenvalue weighted by molar-refractivity contribution is -0.151. The van der Waals surface area contributed by atoms with Gasteiger partial charge in [-0.2, -0.15) is 0 Å². The van der Waals surface area contributed by atoms with Gasteiger partial charge in [-0.3, -0.25) is 9.59 Å². The van der Waals surface area contributed by atoms with E-state index in [1.165, 1.54) is 0 Å². The molecule has 0 radical (unpaired) electrons. The molecule has 5 heteroatoms. The largest absolute Gasteiger partial charge is 0.481 e. The van der Waals surface area contributed by atoms with Crippen molar-refractivity contribution in [3.63, 3.8) is 0 Å². The SMILES string of the molecule is COCCOC(=O)C1CCC(C2CCC(C(=O)O)CC2)CC1. The summed E-state index contributed by atoms with van der Waals surface area (Å²) in [5, 5.41) is 9.06. The van der Waals surface area contributed by atoms with Crippen LogP contribution in [0.4, 0.5) is 0 Å². The number of ether oxygens (including phenoxy) is 2. The number of carboxylic acids is 1. The lowest BCUT2D eigenvalue weighted by Gasteiger charge is -2.36. The van der Waals surface area contributed by atoms with Crippen LogP contribution in [0.5, 0.6) is 0 Å². The van der Waals surface area contributed by atoms with Gasteiger partial charge in [0.1, 0.15) is 6.61 Å². The molecule has 22 heavy (non-hydrogen) atoms. The van der Waals surface area contributed by atoms with E-state index in [2.05, 4.69) is 0 Å². The van der Waals surface area contributed by atoms with Gasteiger partial charge in [0, 0.05) is 7.11 Å². The van der Waals surface area contributed by atoms with Crippen LogP contribution < -0.4 is 0 Å². The van der Waals surface area contributed by atoms with Gasteiger partial charge >= 0.3 is 11.9 Å². The van der Waals surface area contributed by atoms with Crippen LogP contribution in [0, 0.1) is 23.7 Å². The van der Waals surface area contributed by atoms with Crippen molar-refractivity contribution in [1.29, 1.82) is 0 Å². The van der Waals surface area contributed by atoms with E-state index in [9.17, 15) is 9.59 Å². The fraction of sp³-hybridized carbons (Fsp3) is 0.882. The van der Waals surface area contributed by atoms with Gasteiger partial charge < -0.3 is 14.6 Å². The van der Waals surface area contributed by atoms with Crippen molar-refractivity contribution in [3.05, 3.63) is 0 Å². The van der Waals surface area contributed by atoms with E-state index in [1.807, 2.05) is 0 Å². The highest BCUT2D eigenvalue weighted by molar-refractivity contribution is 5.72. The van der Waals surface area contributed by atoms with Crippen LogP contribution in [-0.4, -0.2) is 37.4 Å². The van der Waals surface area contributed by atoms with E-state index in [0.29, 0.717) is 25.0 Å². The predicted molar refractivity (Wildman–Crippen MR) is 81.4 cm³/mol. The van der Waals surface area contributed by atoms with Crippen molar-refractivity contribution in [1.82, 2.24) is 0 Å². The molecule has 126 valence electrons. The molecule has 2 saturated carbocycles. The maximum absolute atomic E-state index is 11.9. The Morgan fingerprint density at radius 2 is 1.36 bits per heavy atom. The van der Waals surface area contributed by atoms with Crippen molar-refractivity contribution < 1.29 is 24.2 Å². The Balaban J connectivity index is 1.69. The van der Waals surface area contributed by atoms with Crippen LogP contribution >= 0.6 is 0 Å². The summed E-state index contributed by atoms with van der Waals surface area (Å²) in [4.78, 5) is 22.9. The van der Waals surface area contributed by atoms with Crippen LogP contribution in [0.1, 0.15) is 51.4 Å². The van der Waals surface area contributed by atoms with E-state index >= 15 is 0 Å². The second kappa shape index (κ2) is 8.51. The number of carboxylic acid groups (broad SMARTS) is 1. The molecular weight excluding hydrogens is 284 g/mol. The minimum absolute atomic E-state index is 0.0449. The van der Waals surface area contributed by atoms with Gasteiger partial charge in [0.05, 0.1) is 18.4 Å². The van der Waals surface area contributed by atoms with Crippen LogP contribution in [0.3, 0.4) is 0 Å². The molecule has 0 atom stereocenters. The Bertz CT molecular complexity index is 365. The summed E-state index contributed by atoms with van der Waals surface area (Å²) in [7, 11) is 1.60. The second-order valence-electron chi connectivity index (χ2n) is 6.72. The van der Waals surface area contributed by atoms with Gasteiger partial charge in [-0.15, -0.1) is 0 Å².